The van der Waals surface area contributed by atoms with Crippen molar-refractivity contribution in [2.45, 2.75) is 64.4 Å². The summed E-state index contributed by atoms with van der Waals surface area (Å²) in [4.78, 5) is 0. The van der Waals surface area contributed by atoms with Crippen molar-refractivity contribution in [2.75, 3.05) is 6.61 Å². The van der Waals surface area contributed by atoms with Crippen LogP contribution in [0.3, 0.4) is 0 Å². The van der Waals surface area contributed by atoms with Gasteiger partial charge in [0.25, 0.3) is 0 Å². The van der Waals surface area contributed by atoms with Crippen LogP contribution in [-0.4, -0.2) is 22.9 Å². The normalized spacial score (nSPS) is 29.0. The molecular formula is C13H26O2. The van der Waals surface area contributed by atoms with Crippen molar-refractivity contribution in [3.63, 3.8) is 0 Å². The van der Waals surface area contributed by atoms with Gasteiger partial charge in [-0.2, -0.15) is 0 Å². The number of rotatable bonds is 6. The van der Waals surface area contributed by atoms with Crippen LogP contribution in [0.1, 0.15) is 58.3 Å². The van der Waals surface area contributed by atoms with Crippen LogP contribution in [0.15, 0.2) is 0 Å². The molecule has 2 N–H and O–H groups in total. The maximum atomic E-state index is 9.27. The lowest BCUT2D eigenvalue weighted by Crippen LogP contribution is -2.18. The van der Waals surface area contributed by atoms with E-state index in [0.29, 0.717) is 0 Å². The van der Waals surface area contributed by atoms with E-state index in [1.54, 1.807) is 0 Å². The summed E-state index contributed by atoms with van der Waals surface area (Å²) in [5, 5.41) is 18.0. The van der Waals surface area contributed by atoms with Crippen LogP contribution >= 0.6 is 0 Å². The molecule has 15 heavy (non-hydrogen) atoms. The van der Waals surface area contributed by atoms with Gasteiger partial charge in [0.1, 0.15) is 0 Å². The number of hydrogen-bond donors (Lipinski definition) is 2. The van der Waals surface area contributed by atoms with Crippen LogP contribution < -0.4 is 0 Å². The lowest BCUT2D eigenvalue weighted by atomic mass is 9.78. The number of aliphatic hydroxyl groups is 2. The van der Waals surface area contributed by atoms with Crippen LogP contribution in [-0.2, 0) is 0 Å². The molecule has 0 aromatic rings. The molecule has 0 bridgehead atoms. The van der Waals surface area contributed by atoms with Gasteiger partial charge < -0.3 is 10.2 Å². The molecular weight excluding hydrogens is 188 g/mol. The lowest BCUT2D eigenvalue weighted by molar-refractivity contribution is 0.0791. The molecule has 1 saturated carbocycles. The van der Waals surface area contributed by atoms with E-state index in [1.807, 2.05) is 0 Å². The summed E-state index contributed by atoms with van der Waals surface area (Å²) in [6.07, 6.45) is 9.54. The molecule has 0 spiro atoms. The van der Waals surface area contributed by atoms with Crippen LogP contribution in [0.25, 0.3) is 0 Å². The minimum Gasteiger partial charge on any atom is -0.394 e. The Bertz CT molecular complexity index is 151. The third-order valence-corrected chi connectivity index (χ3v) is 3.78. The van der Waals surface area contributed by atoms with E-state index in [2.05, 4.69) is 6.92 Å². The van der Waals surface area contributed by atoms with E-state index in [9.17, 15) is 5.11 Å². The minimum atomic E-state index is -0.488. The fraction of sp³-hybridized carbons (Fsp3) is 1.00. The van der Waals surface area contributed by atoms with Crippen LogP contribution in [0, 0.1) is 11.8 Å². The van der Waals surface area contributed by atoms with Gasteiger partial charge in [0.2, 0.25) is 0 Å². The summed E-state index contributed by atoms with van der Waals surface area (Å²) < 4.78 is 0. The summed E-state index contributed by atoms with van der Waals surface area (Å²) in [5.74, 6) is 1.77. The summed E-state index contributed by atoms with van der Waals surface area (Å²) in [7, 11) is 0. The van der Waals surface area contributed by atoms with Crippen molar-refractivity contribution in [1.82, 2.24) is 0 Å². The Morgan fingerprint density at radius 1 is 1.07 bits per heavy atom. The third-order valence-electron chi connectivity index (χ3n) is 3.78. The second-order valence-electron chi connectivity index (χ2n) is 5.09. The smallest absolute Gasteiger partial charge is 0.0771 e. The van der Waals surface area contributed by atoms with E-state index < -0.39 is 6.10 Å². The fourth-order valence-corrected chi connectivity index (χ4v) is 2.74. The van der Waals surface area contributed by atoms with E-state index in [0.717, 1.165) is 24.7 Å². The first-order chi connectivity index (χ1) is 7.26. The molecule has 1 aliphatic carbocycles. The van der Waals surface area contributed by atoms with E-state index >= 15 is 0 Å². The third kappa shape index (κ3) is 4.98. The van der Waals surface area contributed by atoms with Crippen molar-refractivity contribution < 1.29 is 10.2 Å². The molecule has 1 aliphatic rings. The Kier molecular flexibility index (Phi) is 6.26. The molecule has 1 rings (SSSR count). The summed E-state index contributed by atoms with van der Waals surface area (Å²) in [6.45, 7) is 2.19. The molecule has 1 atom stereocenters. The molecule has 0 aromatic heterocycles. The zero-order valence-corrected chi connectivity index (χ0v) is 9.99. The lowest BCUT2D eigenvalue weighted by Gasteiger charge is -2.28. The summed E-state index contributed by atoms with van der Waals surface area (Å²) >= 11 is 0. The highest BCUT2D eigenvalue weighted by Gasteiger charge is 2.20. The Morgan fingerprint density at radius 2 is 1.60 bits per heavy atom. The average molecular weight is 214 g/mol. The molecule has 0 aliphatic heterocycles. The fourth-order valence-electron chi connectivity index (χ4n) is 2.74. The second-order valence-corrected chi connectivity index (χ2v) is 5.09. The van der Waals surface area contributed by atoms with Crippen molar-refractivity contribution in [3.8, 4) is 0 Å². The quantitative estimate of drug-likeness (QED) is 0.713. The largest absolute Gasteiger partial charge is 0.394 e. The molecule has 0 aromatic carbocycles. The topological polar surface area (TPSA) is 40.5 Å². The number of aliphatic hydroxyl groups excluding tert-OH is 2. The van der Waals surface area contributed by atoms with E-state index in [4.69, 9.17) is 5.11 Å². The zero-order valence-electron chi connectivity index (χ0n) is 9.99. The SMILES string of the molecule is CCCC1CCC(CCC(O)CO)CC1. The van der Waals surface area contributed by atoms with E-state index in [-0.39, 0.29) is 6.61 Å². The predicted octanol–water partition coefficient (Wildman–Crippen LogP) is 2.73. The Balaban J connectivity index is 2.09. The van der Waals surface area contributed by atoms with Crippen molar-refractivity contribution >= 4 is 0 Å². The number of hydrogen-bond acceptors (Lipinski definition) is 2. The first kappa shape index (κ1) is 13.0. The Labute approximate surface area is 93.7 Å². The highest BCUT2D eigenvalue weighted by Crippen LogP contribution is 2.33. The monoisotopic (exact) mass is 214 g/mol. The van der Waals surface area contributed by atoms with Crippen molar-refractivity contribution in [2.24, 2.45) is 11.8 Å². The molecule has 0 radical (unpaired) electrons. The van der Waals surface area contributed by atoms with Crippen LogP contribution in [0.2, 0.25) is 0 Å². The van der Waals surface area contributed by atoms with E-state index in [1.165, 1.54) is 38.5 Å². The van der Waals surface area contributed by atoms with Gasteiger partial charge in [-0.15, -0.1) is 0 Å². The van der Waals surface area contributed by atoms with Gasteiger partial charge in [-0.1, -0.05) is 45.4 Å². The molecule has 2 nitrogen and oxygen atoms in total. The summed E-state index contributed by atoms with van der Waals surface area (Å²) in [6, 6.07) is 0. The Morgan fingerprint density at radius 3 is 2.07 bits per heavy atom. The maximum absolute atomic E-state index is 9.27. The van der Waals surface area contributed by atoms with Gasteiger partial charge in [0.05, 0.1) is 12.7 Å². The first-order valence-electron chi connectivity index (χ1n) is 6.55. The molecule has 90 valence electrons. The summed E-state index contributed by atoms with van der Waals surface area (Å²) in [5.41, 5.74) is 0. The molecule has 0 saturated heterocycles. The van der Waals surface area contributed by atoms with Gasteiger partial charge in [-0.25, -0.2) is 0 Å². The maximum Gasteiger partial charge on any atom is 0.0771 e. The van der Waals surface area contributed by atoms with Gasteiger partial charge in [-0.3, -0.25) is 0 Å². The highest BCUT2D eigenvalue weighted by molar-refractivity contribution is 4.73. The van der Waals surface area contributed by atoms with Gasteiger partial charge >= 0.3 is 0 Å². The Hall–Kier alpha value is -0.0800. The molecule has 0 heterocycles. The molecule has 2 heteroatoms. The van der Waals surface area contributed by atoms with Crippen LogP contribution in [0.5, 0.6) is 0 Å². The molecule has 1 unspecified atom stereocenters. The van der Waals surface area contributed by atoms with Gasteiger partial charge in [0, 0.05) is 0 Å². The minimum absolute atomic E-state index is 0.0782. The molecule has 0 amide bonds. The van der Waals surface area contributed by atoms with Crippen LogP contribution in [0.4, 0.5) is 0 Å². The van der Waals surface area contributed by atoms with Crippen molar-refractivity contribution in [3.05, 3.63) is 0 Å². The standard InChI is InChI=1S/C13H26O2/c1-2-3-11-4-6-12(7-5-11)8-9-13(15)10-14/h11-15H,2-10H2,1H3. The molecule has 1 fully saturated rings. The second kappa shape index (κ2) is 7.24. The van der Waals surface area contributed by atoms with Gasteiger partial charge in [0.15, 0.2) is 0 Å². The van der Waals surface area contributed by atoms with Gasteiger partial charge in [-0.05, 0) is 24.7 Å². The first-order valence-corrected chi connectivity index (χ1v) is 6.55. The van der Waals surface area contributed by atoms with Crippen molar-refractivity contribution in [1.29, 1.82) is 0 Å². The highest BCUT2D eigenvalue weighted by atomic mass is 16.3. The predicted molar refractivity (Wildman–Crippen MR) is 62.7 cm³/mol. The zero-order chi connectivity index (χ0) is 11.1. The average Bonchev–Trinajstić information content (AvgIpc) is 2.28.